The highest BCUT2D eigenvalue weighted by molar-refractivity contribution is 6.18. The Labute approximate surface area is 155 Å². The summed E-state index contributed by atoms with van der Waals surface area (Å²) in [6.45, 7) is 7.81. The molecule has 0 atom stereocenters. The summed E-state index contributed by atoms with van der Waals surface area (Å²) in [5.74, 6) is -0.701. The lowest BCUT2D eigenvalue weighted by Crippen LogP contribution is -2.30. The lowest BCUT2D eigenvalue weighted by Gasteiger charge is -2.29. The molecule has 0 fully saturated rings. The van der Waals surface area contributed by atoms with Gasteiger partial charge in [-0.1, -0.05) is 30.8 Å². The Morgan fingerprint density at radius 2 is 1.81 bits per heavy atom. The number of alkyl halides is 3. The second kappa shape index (κ2) is 8.26. The molecule has 0 saturated carbocycles. The van der Waals surface area contributed by atoms with Gasteiger partial charge in [0.25, 0.3) is 5.91 Å². The molecule has 0 bridgehead atoms. The minimum atomic E-state index is -4.38. The molecule has 27 heavy (non-hydrogen) atoms. The van der Waals surface area contributed by atoms with E-state index in [4.69, 9.17) is 5.21 Å². The average Bonchev–Trinajstić information content (AvgIpc) is 2.64. The van der Waals surface area contributed by atoms with E-state index in [1.807, 2.05) is 18.7 Å². The number of hydrogen-bond donors (Lipinski definition) is 2. The van der Waals surface area contributed by atoms with Crippen molar-refractivity contribution in [1.29, 1.82) is 0 Å². The van der Waals surface area contributed by atoms with E-state index in [-0.39, 0.29) is 11.6 Å². The van der Waals surface area contributed by atoms with Crippen LogP contribution in [0.3, 0.4) is 0 Å². The number of amides is 1. The molecular weight excluding hydrogens is 357 g/mol. The number of nitrogens with one attached hydrogen (secondary N) is 1. The Hall–Kier alpha value is -2.80. The molecule has 4 nitrogen and oxygen atoms in total. The Kier molecular flexibility index (Phi) is 6.28. The highest BCUT2D eigenvalue weighted by Gasteiger charge is 2.30. The van der Waals surface area contributed by atoms with E-state index in [2.05, 4.69) is 6.58 Å². The first-order valence-corrected chi connectivity index (χ1v) is 8.30. The van der Waals surface area contributed by atoms with Crippen molar-refractivity contribution in [3.8, 4) is 0 Å². The van der Waals surface area contributed by atoms with Crippen molar-refractivity contribution < 1.29 is 23.2 Å². The summed E-state index contributed by atoms with van der Waals surface area (Å²) < 4.78 is 38.8. The van der Waals surface area contributed by atoms with E-state index in [1.165, 1.54) is 11.5 Å². The third kappa shape index (κ3) is 5.10. The predicted molar refractivity (Wildman–Crippen MR) is 98.2 cm³/mol. The Morgan fingerprint density at radius 1 is 1.19 bits per heavy atom. The Balaban J connectivity index is 2.26. The van der Waals surface area contributed by atoms with Crippen molar-refractivity contribution in [3.05, 3.63) is 71.8 Å². The summed E-state index contributed by atoms with van der Waals surface area (Å²) in [6.07, 6.45) is -4.38. The minimum Gasteiger partial charge on any atom is -0.365 e. The van der Waals surface area contributed by atoms with Crippen molar-refractivity contribution in [2.45, 2.75) is 32.6 Å². The first-order chi connectivity index (χ1) is 12.6. The predicted octanol–water partition coefficient (Wildman–Crippen LogP) is 4.64. The molecule has 0 aliphatic rings. The number of nitrogens with zero attached hydrogens (tertiary/aromatic N) is 1. The van der Waals surface area contributed by atoms with Crippen LogP contribution in [0.15, 0.2) is 55.1 Å². The molecule has 2 rings (SSSR count). The largest absolute Gasteiger partial charge is 0.416 e. The standard InChI is InChI=1S/C20H21F3N2O2/c1-13(2)25(12-15-5-4-6-17(11-15)20(21,22)23)18-9-7-16(8-10-18)14(3)19(26)24-27/h4-11,13,27H,3,12H2,1-2H3,(H,24,26). The average molecular weight is 378 g/mol. The second-order valence-corrected chi connectivity index (χ2v) is 6.39. The van der Waals surface area contributed by atoms with Gasteiger partial charge in [-0.15, -0.1) is 0 Å². The number of benzene rings is 2. The van der Waals surface area contributed by atoms with Crippen molar-refractivity contribution in [3.63, 3.8) is 0 Å². The number of carbonyl (C=O) groups excluding carboxylic acids is 1. The van der Waals surface area contributed by atoms with Crippen molar-refractivity contribution >= 4 is 17.2 Å². The van der Waals surface area contributed by atoms with Gasteiger partial charge in [0, 0.05) is 23.8 Å². The molecule has 2 N–H and O–H groups in total. The zero-order chi connectivity index (χ0) is 20.2. The van der Waals surface area contributed by atoms with Crippen LogP contribution in [0, 0.1) is 0 Å². The van der Waals surface area contributed by atoms with Gasteiger partial charge in [-0.25, -0.2) is 5.48 Å². The first-order valence-electron chi connectivity index (χ1n) is 8.30. The van der Waals surface area contributed by atoms with Crippen LogP contribution in [-0.4, -0.2) is 17.2 Å². The third-order valence-electron chi connectivity index (χ3n) is 4.15. The van der Waals surface area contributed by atoms with Crippen molar-refractivity contribution in [2.75, 3.05) is 4.90 Å². The maximum atomic E-state index is 12.9. The number of halogens is 3. The maximum Gasteiger partial charge on any atom is 0.416 e. The number of hydrogen-bond acceptors (Lipinski definition) is 3. The molecular formula is C20H21F3N2O2. The van der Waals surface area contributed by atoms with Crippen LogP contribution in [0.5, 0.6) is 0 Å². The smallest absolute Gasteiger partial charge is 0.365 e. The summed E-state index contributed by atoms with van der Waals surface area (Å²) in [6, 6.07) is 12.2. The normalized spacial score (nSPS) is 11.4. The van der Waals surface area contributed by atoms with Gasteiger partial charge in [-0.2, -0.15) is 13.2 Å². The van der Waals surface area contributed by atoms with Crippen LogP contribution in [-0.2, 0) is 17.5 Å². The third-order valence-corrected chi connectivity index (χ3v) is 4.15. The van der Waals surface area contributed by atoms with Crippen molar-refractivity contribution in [2.24, 2.45) is 0 Å². The van der Waals surface area contributed by atoms with Crippen LogP contribution in [0.1, 0.15) is 30.5 Å². The zero-order valence-electron chi connectivity index (χ0n) is 15.0. The molecule has 0 aliphatic heterocycles. The highest BCUT2D eigenvalue weighted by atomic mass is 19.4. The van der Waals surface area contributed by atoms with Gasteiger partial charge >= 0.3 is 6.18 Å². The van der Waals surface area contributed by atoms with Crippen molar-refractivity contribution in [1.82, 2.24) is 5.48 Å². The molecule has 144 valence electrons. The highest BCUT2D eigenvalue weighted by Crippen LogP contribution is 2.30. The lowest BCUT2D eigenvalue weighted by molar-refractivity contribution is -0.137. The number of carbonyl (C=O) groups is 1. The number of hydroxylamine groups is 1. The van der Waals surface area contributed by atoms with Gasteiger partial charge in [0.05, 0.1) is 5.56 Å². The van der Waals surface area contributed by atoms with Crippen LogP contribution in [0.2, 0.25) is 0 Å². The van der Waals surface area contributed by atoms with Crippen LogP contribution < -0.4 is 10.4 Å². The number of rotatable bonds is 6. The van der Waals surface area contributed by atoms with Crippen LogP contribution in [0.25, 0.3) is 5.57 Å². The van der Waals surface area contributed by atoms with E-state index in [9.17, 15) is 18.0 Å². The summed E-state index contributed by atoms with van der Waals surface area (Å²) in [5.41, 5.74) is 2.84. The monoisotopic (exact) mass is 378 g/mol. The zero-order valence-corrected chi connectivity index (χ0v) is 15.0. The molecule has 0 aliphatic carbocycles. The lowest BCUT2D eigenvalue weighted by atomic mass is 10.1. The molecule has 0 radical (unpaired) electrons. The van der Waals surface area contributed by atoms with Gasteiger partial charge in [-0.3, -0.25) is 10.0 Å². The van der Waals surface area contributed by atoms with Gasteiger partial charge in [0.1, 0.15) is 0 Å². The van der Waals surface area contributed by atoms with Gasteiger partial charge in [0.2, 0.25) is 0 Å². The van der Waals surface area contributed by atoms with Gasteiger partial charge in [-0.05, 0) is 49.2 Å². The van der Waals surface area contributed by atoms with Gasteiger partial charge in [0.15, 0.2) is 0 Å². The molecule has 2 aromatic carbocycles. The molecule has 1 amide bonds. The van der Waals surface area contributed by atoms with E-state index in [0.29, 0.717) is 17.7 Å². The van der Waals surface area contributed by atoms with Gasteiger partial charge < -0.3 is 4.90 Å². The molecule has 0 spiro atoms. The molecule has 0 aromatic heterocycles. The van der Waals surface area contributed by atoms with Crippen LogP contribution >= 0.6 is 0 Å². The number of anilines is 1. The molecule has 2 aromatic rings. The van der Waals surface area contributed by atoms with Crippen LogP contribution in [0.4, 0.5) is 18.9 Å². The van der Waals surface area contributed by atoms with E-state index < -0.39 is 17.6 Å². The summed E-state index contributed by atoms with van der Waals surface area (Å²) in [7, 11) is 0. The Morgan fingerprint density at radius 3 is 2.33 bits per heavy atom. The fourth-order valence-electron chi connectivity index (χ4n) is 2.67. The van der Waals surface area contributed by atoms with E-state index in [1.54, 1.807) is 30.3 Å². The SMILES string of the molecule is C=C(C(=O)NO)c1ccc(N(Cc2cccc(C(F)(F)F)c2)C(C)C)cc1. The minimum absolute atomic E-state index is 0.0364. The molecule has 0 heterocycles. The first kappa shape index (κ1) is 20.5. The van der Waals surface area contributed by atoms with E-state index in [0.717, 1.165) is 17.8 Å². The summed E-state index contributed by atoms with van der Waals surface area (Å²) in [5, 5.41) is 8.68. The summed E-state index contributed by atoms with van der Waals surface area (Å²) in [4.78, 5) is 13.4. The molecule has 0 saturated heterocycles. The van der Waals surface area contributed by atoms with E-state index >= 15 is 0 Å². The second-order valence-electron chi connectivity index (χ2n) is 6.39. The molecule has 0 unspecified atom stereocenters. The molecule has 7 heteroatoms. The quantitative estimate of drug-likeness (QED) is 0.437. The fraction of sp³-hybridized carbons (Fsp3) is 0.250. The topological polar surface area (TPSA) is 52.6 Å². The maximum absolute atomic E-state index is 12.9. The Bertz CT molecular complexity index is 815. The fourth-order valence-corrected chi connectivity index (χ4v) is 2.67. The summed E-state index contributed by atoms with van der Waals surface area (Å²) >= 11 is 0.